The molecule has 6 nitrogen and oxygen atoms in total. The van der Waals surface area contributed by atoms with Crippen molar-refractivity contribution in [2.75, 3.05) is 13.2 Å². The van der Waals surface area contributed by atoms with E-state index in [1.54, 1.807) is 0 Å². The number of hydrogen-bond donors (Lipinski definition) is 3. The average Bonchev–Trinajstić information content (AvgIpc) is 3.47. The minimum Gasteiger partial charge on any atom is -0.466 e. The second kappa shape index (κ2) is 71.1. The van der Waals surface area contributed by atoms with Crippen LogP contribution in [-0.2, 0) is 14.3 Å². The fourth-order valence-electron chi connectivity index (χ4n) is 12.1. The van der Waals surface area contributed by atoms with Gasteiger partial charge >= 0.3 is 5.97 Å². The molecule has 0 aliphatic carbocycles. The van der Waals surface area contributed by atoms with Crippen LogP contribution in [0.1, 0.15) is 431 Å². The van der Waals surface area contributed by atoms with Gasteiger partial charge in [-0.1, -0.05) is 379 Å². The van der Waals surface area contributed by atoms with Crippen LogP contribution >= 0.6 is 0 Å². The van der Waals surface area contributed by atoms with Crippen molar-refractivity contribution in [3.8, 4) is 0 Å². The molecule has 0 aliphatic heterocycles. The first-order valence-electron chi connectivity index (χ1n) is 37.4. The number of amides is 1. The Bertz CT molecular complexity index is 1220. The van der Waals surface area contributed by atoms with Gasteiger partial charge in [0.25, 0.3) is 0 Å². The minimum atomic E-state index is -0.664. The molecule has 0 bridgehead atoms. The summed E-state index contributed by atoms with van der Waals surface area (Å²) in [7, 11) is 0. The van der Waals surface area contributed by atoms with Crippen LogP contribution in [0.4, 0.5) is 0 Å². The number of aliphatic hydroxyl groups excluding tert-OH is 2. The van der Waals surface area contributed by atoms with Gasteiger partial charge < -0.3 is 20.3 Å². The van der Waals surface area contributed by atoms with Crippen molar-refractivity contribution < 1.29 is 24.5 Å². The van der Waals surface area contributed by atoms with Gasteiger partial charge in [-0.15, -0.1) is 0 Å². The molecule has 0 aromatic heterocycles. The number of rotatable bonds is 71. The van der Waals surface area contributed by atoms with Crippen LogP contribution < -0.4 is 5.32 Å². The van der Waals surface area contributed by atoms with Crippen LogP contribution in [0.15, 0.2) is 12.2 Å². The summed E-state index contributed by atoms with van der Waals surface area (Å²) in [6.07, 6.45) is 88.5. The zero-order valence-corrected chi connectivity index (χ0v) is 55.3. The van der Waals surface area contributed by atoms with Crippen molar-refractivity contribution in [2.45, 2.75) is 443 Å². The number of ether oxygens (including phenoxy) is 1. The SMILES string of the molecule is CCCCCCCCCCCCCCCCCCCCCCCCC(O)C(CO)NC(=O)CCCCCCCCCCCCCCCC/C=C\CCCCCCCCCCCCCCOC(=O)CCCCCCCCCCCCCC. The second-order valence-electron chi connectivity index (χ2n) is 26.0. The third kappa shape index (κ3) is 67.6. The zero-order valence-electron chi connectivity index (χ0n) is 55.3. The maximum atomic E-state index is 12.6. The van der Waals surface area contributed by atoms with Crippen molar-refractivity contribution in [3.05, 3.63) is 12.2 Å². The molecule has 0 radical (unpaired) electrons. The van der Waals surface area contributed by atoms with Gasteiger partial charge in [0.05, 0.1) is 25.4 Å². The molecule has 1 amide bonds. The highest BCUT2D eigenvalue weighted by Gasteiger charge is 2.20. The van der Waals surface area contributed by atoms with Crippen molar-refractivity contribution in [1.82, 2.24) is 5.32 Å². The van der Waals surface area contributed by atoms with Crippen LogP contribution in [0.5, 0.6) is 0 Å². The topological polar surface area (TPSA) is 95.9 Å². The van der Waals surface area contributed by atoms with Crippen LogP contribution in [0.25, 0.3) is 0 Å². The Balaban J connectivity index is 3.36. The molecule has 6 heteroatoms. The first-order chi connectivity index (χ1) is 40.0. The lowest BCUT2D eigenvalue weighted by atomic mass is 10.0. The summed E-state index contributed by atoms with van der Waals surface area (Å²) >= 11 is 0. The van der Waals surface area contributed by atoms with Gasteiger partial charge in [0.15, 0.2) is 0 Å². The van der Waals surface area contributed by atoms with E-state index in [0.717, 1.165) is 38.5 Å². The molecule has 0 fully saturated rings. The van der Waals surface area contributed by atoms with E-state index in [0.29, 0.717) is 25.9 Å². The fraction of sp³-hybridized carbons (Fsp3) is 0.947. The summed E-state index contributed by atoms with van der Waals surface area (Å²) < 4.78 is 5.48. The highest BCUT2D eigenvalue weighted by molar-refractivity contribution is 5.76. The standard InChI is InChI=1S/C75H147NO5/c1-3-5-7-9-11-13-15-17-18-19-20-21-32-35-38-41-44-47-51-55-59-63-67-73(78)72(71-77)76-74(79)68-64-60-56-52-48-45-42-39-36-33-30-28-26-24-22-23-25-27-29-31-34-37-40-43-46-50-54-58-62-66-70-81-75(80)69-65-61-57-53-49-16-14-12-10-8-6-4-2/h23,25,72-73,77-78H,3-22,24,26-71H2,1-2H3,(H,76,79)/b25-23-. The smallest absolute Gasteiger partial charge is 0.305 e. The van der Waals surface area contributed by atoms with Crippen molar-refractivity contribution in [1.29, 1.82) is 0 Å². The van der Waals surface area contributed by atoms with E-state index in [1.165, 1.54) is 360 Å². The maximum absolute atomic E-state index is 12.6. The van der Waals surface area contributed by atoms with E-state index in [9.17, 15) is 19.8 Å². The number of carbonyl (C=O) groups is 2. The van der Waals surface area contributed by atoms with Crippen molar-refractivity contribution >= 4 is 11.9 Å². The number of unbranched alkanes of at least 4 members (excludes halogenated alkanes) is 58. The van der Waals surface area contributed by atoms with Crippen LogP contribution in [-0.4, -0.2) is 47.4 Å². The van der Waals surface area contributed by atoms with Gasteiger partial charge in [0.2, 0.25) is 5.91 Å². The molecule has 482 valence electrons. The number of esters is 1. The first kappa shape index (κ1) is 79.6. The number of aliphatic hydroxyl groups is 2. The van der Waals surface area contributed by atoms with Crippen LogP contribution in [0.3, 0.4) is 0 Å². The summed E-state index contributed by atoms with van der Waals surface area (Å²) in [5, 5.41) is 23.4. The van der Waals surface area contributed by atoms with E-state index in [-0.39, 0.29) is 18.5 Å². The van der Waals surface area contributed by atoms with Crippen LogP contribution in [0, 0.1) is 0 Å². The van der Waals surface area contributed by atoms with Crippen LogP contribution in [0.2, 0.25) is 0 Å². The highest BCUT2D eigenvalue weighted by Crippen LogP contribution is 2.20. The molecular formula is C75H147NO5. The molecule has 0 saturated heterocycles. The highest BCUT2D eigenvalue weighted by atomic mass is 16.5. The molecule has 0 spiro atoms. The molecule has 0 saturated carbocycles. The number of hydrogen-bond acceptors (Lipinski definition) is 5. The number of carbonyl (C=O) groups excluding carboxylic acids is 2. The first-order valence-corrected chi connectivity index (χ1v) is 37.4. The summed E-state index contributed by atoms with van der Waals surface area (Å²) in [5.41, 5.74) is 0. The molecule has 81 heavy (non-hydrogen) atoms. The minimum absolute atomic E-state index is 0.0189. The third-order valence-corrected chi connectivity index (χ3v) is 17.8. The second-order valence-corrected chi connectivity index (χ2v) is 26.0. The average molecular weight is 1140 g/mol. The lowest BCUT2D eigenvalue weighted by Crippen LogP contribution is -2.45. The summed E-state index contributed by atoms with van der Waals surface area (Å²) in [4.78, 5) is 24.6. The normalized spacial score (nSPS) is 12.5. The van der Waals surface area contributed by atoms with Gasteiger partial charge in [0.1, 0.15) is 0 Å². The molecule has 0 aliphatic rings. The Hall–Kier alpha value is -1.40. The number of nitrogens with one attached hydrogen (secondary N) is 1. The molecule has 0 aromatic carbocycles. The molecule has 0 heterocycles. The quantitative estimate of drug-likeness (QED) is 0.0320. The third-order valence-electron chi connectivity index (χ3n) is 17.8. The van der Waals surface area contributed by atoms with Gasteiger partial charge in [0, 0.05) is 12.8 Å². The van der Waals surface area contributed by atoms with Crippen molar-refractivity contribution in [2.24, 2.45) is 0 Å². The molecule has 0 rings (SSSR count). The molecular weight excluding hydrogens is 995 g/mol. The van der Waals surface area contributed by atoms with E-state index >= 15 is 0 Å². The molecule has 2 unspecified atom stereocenters. The predicted molar refractivity (Wildman–Crippen MR) is 357 cm³/mol. The Labute approximate surface area is 508 Å². The molecule has 0 aromatic rings. The Kier molecular flexibility index (Phi) is 69.9. The number of allylic oxidation sites excluding steroid dienone is 2. The maximum Gasteiger partial charge on any atom is 0.305 e. The fourth-order valence-corrected chi connectivity index (χ4v) is 12.1. The van der Waals surface area contributed by atoms with Gasteiger partial charge in [-0.25, -0.2) is 0 Å². The zero-order chi connectivity index (χ0) is 58.5. The Morgan fingerprint density at radius 1 is 0.333 bits per heavy atom. The summed E-state index contributed by atoms with van der Waals surface area (Å²) in [5.74, 6) is -0.00907. The van der Waals surface area contributed by atoms with E-state index in [1.807, 2.05) is 0 Å². The van der Waals surface area contributed by atoms with Gasteiger partial charge in [-0.3, -0.25) is 9.59 Å². The predicted octanol–water partition coefficient (Wildman–Crippen LogP) is 24.3. The lowest BCUT2D eigenvalue weighted by Gasteiger charge is -2.22. The largest absolute Gasteiger partial charge is 0.466 e. The van der Waals surface area contributed by atoms with E-state index < -0.39 is 12.1 Å². The van der Waals surface area contributed by atoms with Gasteiger partial charge in [-0.2, -0.15) is 0 Å². The Morgan fingerprint density at radius 2 is 0.580 bits per heavy atom. The summed E-state index contributed by atoms with van der Waals surface area (Å²) in [6, 6.07) is -0.541. The lowest BCUT2D eigenvalue weighted by molar-refractivity contribution is -0.143. The monoisotopic (exact) mass is 1140 g/mol. The summed E-state index contributed by atoms with van der Waals surface area (Å²) in [6.45, 7) is 5.00. The van der Waals surface area contributed by atoms with Crippen molar-refractivity contribution in [3.63, 3.8) is 0 Å². The molecule has 3 N–H and O–H groups in total. The van der Waals surface area contributed by atoms with E-state index in [2.05, 4.69) is 31.3 Å². The van der Waals surface area contributed by atoms with Gasteiger partial charge in [-0.05, 0) is 51.4 Å². The van der Waals surface area contributed by atoms with E-state index in [4.69, 9.17) is 4.74 Å². The molecule has 2 atom stereocenters. The Morgan fingerprint density at radius 3 is 0.877 bits per heavy atom.